The van der Waals surface area contributed by atoms with Gasteiger partial charge in [-0.1, -0.05) is 19.9 Å². The molecule has 0 aliphatic heterocycles. The van der Waals surface area contributed by atoms with Gasteiger partial charge in [0, 0.05) is 5.92 Å². The number of hydrogen-bond donors (Lipinski definition) is 1. The lowest BCUT2D eigenvalue weighted by Gasteiger charge is -2.19. The summed E-state index contributed by atoms with van der Waals surface area (Å²) in [6, 6.07) is 10.1. The number of aliphatic hydroxyl groups excluding tert-OH is 1. The SMILES string of the molecule is CCc1cc(C#N)ccc1C1CC(C)C(O)C1C#N. The van der Waals surface area contributed by atoms with Crippen LogP contribution >= 0.6 is 0 Å². The molecule has 4 unspecified atom stereocenters. The van der Waals surface area contributed by atoms with Gasteiger partial charge in [-0.25, -0.2) is 0 Å². The van der Waals surface area contributed by atoms with E-state index in [2.05, 4.69) is 19.1 Å². The largest absolute Gasteiger partial charge is 0.391 e. The second-order valence-electron chi connectivity index (χ2n) is 5.34. The molecule has 4 atom stereocenters. The first-order valence-electron chi connectivity index (χ1n) is 6.73. The highest BCUT2D eigenvalue weighted by Crippen LogP contribution is 2.44. The van der Waals surface area contributed by atoms with Crippen molar-refractivity contribution in [2.45, 2.75) is 38.7 Å². The molecule has 0 bridgehead atoms. The molecular formula is C16H18N2O. The summed E-state index contributed by atoms with van der Waals surface area (Å²) in [5.41, 5.74) is 2.89. The minimum Gasteiger partial charge on any atom is -0.391 e. The lowest BCUT2D eigenvalue weighted by atomic mass is 9.85. The van der Waals surface area contributed by atoms with Gasteiger partial charge in [-0.05, 0) is 42.0 Å². The maximum absolute atomic E-state index is 10.1. The van der Waals surface area contributed by atoms with Gasteiger partial charge >= 0.3 is 0 Å². The van der Waals surface area contributed by atoms with Crippen LogP contribution in [-0.2, 0) is 6.42 Å². The molecule has 0 saturated heterocycles. The molecule has 0 amide bonds. The van der Waals surface area contributed by atoms with Gasteiger partial charge in [0.05, 0.1) is 29.7 Å². The lowest BCUT2D eigenvalue weighted by molar-refractivity contribution is 0.116. The average molecular weight is 254 g/mol. The number of aliphatic hydroxyl groups is 1. The van der Waals surface area contributed by atoms with Crippen molar-refractivity contribution >= 4 is 0 Å². The smallest absolute Gasteiger partial charge is 0.0991 e. The van der Waals surface area contributed by atoms with E-state index in [1.807, 2.05) is 19.1 Å². The van der Waals surface area contributed by atoms with E-state index in [0.29, 0.717) is 5.56 Å². The van der Waals surface area contributed by atoms with Crippen molar-refractivity contribution in [2.24, 2.45) is 11.8 Å². The molecule has 3 nitrogen and oxygen atoms in total. The third kappa shape index (κ3) is 2.35. The van der Waals surface area contributed by atoms with Crippen LogP contribution in [-0.4, -0.2) is 11.2 Å². The zero-order chi connectivity index (χ0) is 14.0. The summed E-state index contributed by atoms with van der Waals surface area (Å²) >= 11 is 0. The van der Waals surface area contributed by atoms with Crippen molar-refractivity contribution in [2.75, 3.05) is 0 Å². The van der Waals surface area contributed by atoms with Gasteiger partial charge in [-0.15, -0.1) is 0 Å². The van der Waals surface area contributed by atoms with Crippen LogP contribution in [0.3, 0.4) is 0 Å². The molecule has 2 rings (SSSR count). The molecule has 98 valence electrons. The molecule has 1 fully saturated rings. The van der Waals surface area contributed by atoms with Crippen molar-refractivity contribution < 1.29 is 5.11 Å². The zero-order valence-corrected chi connectivity index (χ0v) is 11.3. The molecule has 19 heavy (non-hydrogen) atoms. The third-order valence-corrected chi connectivity index (χ3v) is 4.21. The predicted octanol–water partition coefficient (Wildman–Crippen LogP) is 2.74. The highest BCUT2D eigenvalue weighted by molar-refractivity contribution is 5.41. The van der Waals surface area contributed by atoms with Crippen LogP contribution in [0.15, 0.2) is 18.2 Å². The van der Waals surface area contributed by atoms with Gasteiger partial charge in [0.15, 0.2) is 0 Å². The van der Waals surface area contributed by atoms with Gasteiger partial charge in [0.25, 0.3) is 0 Å². The Bertz CT molecular complexity index is 553. The Morgan fingerprint density at radius 2 is 2.11 bits per heavy atom. The maximum atomic E-state index is 10.1. The summed E-state index contributed by atoms with van der Waals surface area (Å²) in [5, 5.41) is 28.3. The lowest BCUT2D eigenvalue weighted by Crippen LogP contribution is -2.20. The van der Waals surface area contributed by atoms with Crippen LogP contribution in [0.2, 0.25) is 0 Å². The molecule has 3 heteroatoms. The number of aryl methyl sites for hydroxylation is 1. The Morgan fingerprint density at radius 3 is 2.68 bits per heavy atom. The van der Waals surface area contributed by atoms with E-state index in [9.17, 15) is 10.4 Å². The van der Waals surface area contributed by atoms with E-state index in [-0.39, 0.29) is 17.8 Å². The highest BCUT2D eigenvalue weighted by Gasteiger charge is 2.41. The summed E-state index contributed by atoms with van der Waals surface area (Å²) in [6.07, 6.45) is 1.12. The molecule has 0 aromatic heterocycles. The second kappa shape index (κ2) is 5.43. The fraction of sp³-hybridized carbons (Fsp3) is 0.500. The van der Waals surface area contributed by atoms with Gasteiger partial charge in [-0.3, -0.25) is 0 Å². The van der Waals surface area contributed by atoms with E-state index in [4.69, 9.17) is 5.26 Å². The Balaban J connectivity index is 2.42. The van der Waals surface area contributed by atoms with Crippen LogP contribution in [0, 0.1) is 34.5 Å². The maximum Gasteiger partial charge on any atom is 0.0991 e. The van der Waals surface area contributed by atoms with E-state index < -0.39 is 6.10 Å². The molecule has 1 aliphatic carbocycles. The van der Waals surface area contributed by atoms with Crippen molar-refractivity contribution in [3.05, 3.63) is 34.9 Å². The molecule has 1 aromatic carbocycles. The quantitative estimate of drug-likeness (QED) is 0.882. The van der Waals surface area contributed by atoms with Crippen molar-refractivity contribution in [1.29, 1.82) is 10.5 Å². The number of nitriles is 2. The molecule has 1 aromatic rings. The van der Waals surface area contributed by atoms with E-state index in [1.165, 1.54) is 0 Å². The Labute approximate surface area is 114 Å². The van der Waals surface area contributed by atoms with Crippen molar-refractivity contribution in [3.63, 3.8) is 0 Å². The number of benzene rings is 1. The Morgan fingerprint density at radius 1 is 1.37 bits per heavy atom. The van der Waals surface area contributed by atoms with Gasteiger partial charge in [0.2, 0.25) is 0 Å². The summed E-state index contributed by atoms with van der Waals surface area (Å²) < 4.78 is 0. The van der Waals surface area contributed by atoms with Gasteiger partial charge in [0.1, 0.15) is 0 Å². The molecular weight excluding hydrogens is 236 g/mol. The number of nitrogens with zero attached hydrogens (tertiary/aromatic N) is 2. The standard InChI is InChI=1S/C16H18N2O/c1-3-12-7-11(8-17)4-5-13(12)14-6-10(2)16(19)15(14)9-18/h4-5,7,10,14-16,19H,3,6H2,1-2H3. The molecule has 1 aliphatic rings. The van der Waals surface area contributed by atoms with Gasteiger partial charge in [-0.2, -0.15) is 10.5 Å². The third-order valence-electron chi connectivity index (χ3n) is 4.21. The Hall–Kier alpha value is -1.84. The first-order chi connectivity index (χ1) is 9.12. The van der Waals surface area contributed by atoms with Crippen LogP contribution in [0.1, 0.15) is 42.9 Å². The van der Waals surface area contributed by atoms with Crippen molar-refractivity contribution in [1.82, 2.24) is 0 Å². The summed E-state index contributed by atoms with van der Waals surface area (Å²) in [6.45, 7) is 4.04. The van der Waals surface area contributed by atoms with Gasteiger partial charge < -0.3 is 5.11 Å². The monoisotopic (exact) mass is 254 g/mol. The van der Waals surface area contributed by atoms with E-state index in [1.54, 1.807) is 6.07 Å². The number of rotatable bonds is 2. The summed E-state index contributed by atoms with van der Waals surface area (Å²) in [4.78, 5) is 0. The first-order valence-corrected chi connectivity index (χ1v) is 6.73. The van der Waals surface area contributed by atoms with Crippen LogP contribution in [0.25, 0.3) is 0 Å². The molecule has 0 heterocycles. The minimum absolute atomic E-state index is 0.0812. The molecule has 0 spiro atoms. The molecule has 0 radical (unpaired) electrons. The average Bonchev–Trinajstić information content (AvgIpc) is 2.73. The highest BCUT2D eigenvalue weighted by atomic mass is 16.3. The normalized spacial score (nSPS) is 29.7. The molecule has 1 N–H and O–H groups in total. The summed E-state index contributed by atoms with van der Waals surface area (Å²) in [5.74, 6) is -0.110. The summed E-state index contributed by atoms with van der Waals surface area (Å²) in [7, 11) is 0. The van der Waals surface area contributed by atoms with Crippen LogP contribution < -0.4 is 0 Å². The van der Waals surface area contributed by atoms with E-state index >= 15 is 0 Å². The Kier molecular flexibility index (Phi) is 3.88. The fourth-order valence-corrected chi connectivity index (χ4v) is 3.11. The van der Waals surface area contributed by atoms with E-state index in [0.717, 1.165) is 24.0 Å². The first kappa shape index (κ1) is 13.6. The van der Waals surface area contributed by atoms with Crippen LogP contribution in [0.5, 0.6) is 0 Å². The fourth-order valence-electron chi connectivity index (χ4n) is 3.11. The van der Waals surface area contributed by atoms with Crippen LogP contribution in [0.4, 0.5) is 0 Å². The number of hydrogen-bond acceptors (Lipinski definition) is 3. The minimum atomic E-state index is -0.546. The van der Waals surface area contributed by atoms with Crippen molar-refractivity contribution in [3.8, 4) is 12.1 Å². The zero-order valence-electron chi connectivity index (χ0n) is 11.3. The topological polar surface area (TPSA) is 67.8 Å². The predicted molar refractivity (Wildman–Crippen MR) is 72.2 cm³/mol. The molecule has 1 saturated carbocycles. The second-order valence-corrected chi connectivity index (χ2v) is 5.34.